The molecule has 0 unspecified atom stereocenters. The molecule has 0 spiro atoms. The Balaban J connectivity index is 2.90. The molecule has 0 saturated carbocycles. The smallest absolute Gasteiger partial charge is 0.0625 e. The first-order chi connectivity index (χ1) is 7.69. The van der Waals surface area contributed by atoms with E-state index in [0.29, 0.717) is 35.7 Å². The number of benzene rings is 1. The lowest BCUT2D eigenvalue weighted by Crippen LogP contribution is -1.91. The Morgan fingerprint density at radius 1 is 0.875 bits per heavy atom. The van der Waals surface area contributed by atoms with Gasteiger partial charge in [-0.15, -0.1) is 0 Å². The van der Waals surface area contributed by atoms with Gasteiger partial charge in [-0.3, -0.25) is 0 Å². The summed E-state index contributed by atoms with van der Waals surface area (Å²) in [5.74, 6) is 0. The molecular formula is C12H10Cl2N2. The number of hydrogen-bond acceptors (Lipinski definition) is 2. The maximum absolute atomic E-state index is 8.50. The molecule has 0 amide bonds. The molecule has 0 atom stereocenters. The van der Waals surface area contributed by atoms with E-state index in [1.807, 2.05) is 0 Å². The largest absolute Gasteiger partial charge is 0.198 e. The normalized spacial score (nSPS) is 9.50. The summed E-state index contributed by atoms with van der Waals surface area (Å²) in [6, 6.07) is 7.71. The molecule has 1 aromatic carbocycles. The second-order valence-electron chi connectivity index (χ2n) is 3.35. The van der Waals surface area contributed by atoms with E-state index in [2.05, 4.69) is 12.1 Å². The minimum atomic E-state index is 0.424. The van der Waals surface area contributed by atoms with Crippen LogP contribution in [0.25, 0.3) is 0 Å². The van der Waals surface area contributed by atoms with Crippen LogP contribution in [0.1, 0.15) is 24.0 Å². The van der Waals surface area contributed by atoms with Crippen LogP contribution in [-0.4, -0.2) is 0 Å². The van der Waals surface area contributed by atoms with Crippen LogP contribution in [-0.2, 0) is 12.8 Å². The molecule has 0 aliphatic rings. The zero-order valence-corrected chi connectivity index (χ0v) is 10.1. The third-order valence-corrected chi connectivity index (χ3v) is 2.93. The molecule has 0 N–H and O–H groups in total. The minimum Gasteiger partial charge on any atom is -0.198 e. The topological polar surface area (TPSA) is 47.6 Å². The van der Waals surface area contributed by atoms with Gasteiger partial charge in [-0.1, -0.05) is 23.2 Å². The molecule has 1 aromatic rings. The molecule has 0 aromatic heterocycles. The average Bonchev–Trinajstić information content (AvgIpc) is 2.28. The van der Waals surface area contributed by atoms with Crippen molar-refractivity contribution in [3.63, 3.8) is 0 Å². The van der Waals surface area contributed by atoms with Crippen LogP contribution in [0, 0.1) is 22.7 Å². The van der Waals surface area contributed by atoms with E-state index in [0.717, 1.165) is 11.1 Å². The fourth-order valence-electron chi connectivity index (χ4n) is 1.39. The van der Waals surface area contributed by atoms with E-state index in [1.54, 1.807) is 12.1 Å². The van der Waals surface area contributed by atoms with E-state index < -0.39 is 0 Å². The molecule has 0 fully saturated rings. The first-order valence-electron chi connectivity index (χ1n) is 4.89. The molecule has 0 radical (unpaired) electrons. The van der Waals surface area contributed by atoms with Crippen LogP contribution in [0.15, 0.2) is 12.1 Å². The van der Waals surface area contributed by atoms with Crippen LogP contribution >= 0.6 is 23.2 Å². The van der Waals surface area contributed by atoms with Crippen molar-refractivity contribution >= 4 is 23.2 Å². The van der Waals surface area contributed by atoms with Crippen LogP contribution in [0.3, 0.4) is 0 Å². The first kappa shape index (κ1) is 12.8. The number of rotatable bonds is 4. The molecule has 82 valence electrons. The lowest BCUT2D eigenvalue weighted by atomic mass is 10.0. The van der Waals surface area contributed by atoms with Crippen molar-refractivity contribution < 1.29 is 0 Å². The molecule has 2 nitrogen and oxygen atoms in total. The molecule has 1 rings (SSSR count). The molecule has 4 heteroatoms. The highest BCUT2D eigenvalue weighted by molar-refractivity contribution is 6.34. The van der Waals surface area contributed by atoms with E-state index >= 15 is 0 Å². The second kappa shape index (κ2) is 6.38. The predicted molar refractivity (Wildman–Crippen MR) is 64.3 cm³/mol. The van der Waals surface area contributed by atoms with E-state index in [-0.39, 0.29) is 0 Å². The molecule has 0 aliphatic carbocycles. The van der Waals surface area contributed by atoms with Gasteiger partial charge in [0.2, 0.25) is 0 Å². The van der Waals surface area contributed by atoms with Crippen LogP contribution in [0.4, 0.5) is 0 Å². The lowest BCUT2D eigenvalue weighted by Gasteiger charge is -2.07. The summed E-state index contributed by atoms with van der Waals surface area (Å²) in [4.78, 5) is 0. The molecule has 16 heavy (non-hydrogen) atoms. The van der Waals surface area contributed by atoms with Crippen molar-refractivity contribution in [1.82, 2.24) is 0 Å². The highest BCUT2D eigenvalue weighted by Crippen LogP contribution is 2.27. The number of hydrogen-bond donors (Lipinski definition) is 0. The molecular weight excluding hydrogens is 243 g/mol. The van der Waals surface area contributed by atoms with E-state index in [1.165, 1.54) is 0 Å². The summed E-state index contributed by atoms with van der Waals surface area (Å²) in [5, 5.41) is 18.2. The maximum atomic E-state index is 8.50. The number of aryl methyl sites for hydroxylation is 2. The van der Waals surface area contributed by atoms with Crippen molar-refractivity contribution in [2.75, 3.05) is 0 Å². The van der Waals surface area contributed by atoms with Crippen molar-refractivity contribution in [3.05, 3.63) is 33.3 Å². The lowest BCUT2D eigenvalue weighted by molar-refractivity contribution is 0.987. The van der Waals surface area contributed by atoms with E-state index in [4.69, 9.17) is 33.7 Å². The summed E-state index contributed by atoms with van der Waals surface area (Å²) in [5.41, 5.74) is 1.77. The van der Waals surface area contributed by atoms with Crippen LogP contribution in [0.5, 0.6) is 0 Å². The van der Waals surface area contributed by atoms with Gasteiger partial charge < -0.3 is 0 Å². The van der Waals surface area contributed by atoms with Crippen molar-refractivity contribution in [1.29, 1.82) is 10.5 Å². The molecule has 0 saturated heterocycles. The number of halogens is 2. The van der Waals surface area contributed by atoms with Crippen molar-refractivity contribution in [3.8, 4) is 12.1 Å². The minimum absolute atomic E-state index is 0.424. The Kier molecular flexibility index (Phi) is 5.12. The molecule has 0 heterocycles. The standard InChI is InChI=1S/C12H10Cl2N2/c13-11-8-10(4-2-6-16)12(14)7-9(11)3-1-5-15/h7-8H,1-4H2. The van der Waals surface area contributed by atoms with Crippen LogP contribution < -0.4 is 0 Å². The Bertz CT molecular complexity index is 412. The highest BCUT2D eigenvalue weighted by atomic mass is 35.5. The van der Waals surface area contributed by atoms with Gasteiger partial charge in [0.15, 0.2) is 0 Å². The van der Waals surface area contributed by atoms with Gasteiger partial charge in [0.25, 0.3) is 0 Å². The zero-order valence-electron chi connectivity index (χ0n) is 8.63. The highest BCUT2D eigenvalue weighted by Gasteiger charge is 2.07. The van der Waals surface area contributed by atoms with Crippen molar-refractivity contribution in [2.45, 2.75) is 25.7 Å². The molecule has 0 bridgehead atoms. The second-order valence-corrected chi connectivity index (χ2v) is 4.17. The number of nitriles is 2. The predicted octanol–water partition coefficient (Wildman–Crippen LogP) is 3.91. The van der Waals surface area contributed by atoms with Crippen LogP contribution in [0.2, 0.25) is 10.0 Å². The monoisotopic (exact) mass is 252 g/mol. The van der Waals surface area contributed by atoms with Gasteiger partial charge in [0, 0.05) is 22.9 Å². The van der Waals surface area contributed by atoms with Gasteiger partial charge in [-0.05, 0) is 36.1 Å². The van der Waals surface area contributed by atoms with Gasteiger partial charge in [0.05, 0.1) is 12.1 Å². The maximum Gasteiger partial charge on any atom is 0.0625 e. The van der Waals surface area contributed by atoms with Gasteiger partial charge in [-0.25, -0.2) is 0 Å². The third-order valence-electron chi connectivity index (χ3n) is 2.23. The summed E-state index contributed by atoms with van der Waals surface area (Å²) >= 11 is 12.1. The third kappa shape index (κ3) is 3.42. The fourth-order valence-corrected chi connectivity index (χ4v) is 1.96. The average molecular weight is 253 g/mol. The summed E-state index contributed by atoms with van der Waals surface area (Å²) in [6.45, 7) is 0. The number of nitrogens with zero attached hydrogens (tertiary/aromatic N) is 2. The first-order valence-corrected chi connectivity index (χ1v) is 5.65. The van der Waals surface area contributed by atoms with Gasteiger partial charge in [-0.2, -0.15) is 10.5 Å². The molecule has 0 aliphatic heterocycles. The van der Waals surface area contributed by atoms with Gasteiger partial charge >= 0.3 is 0 Å². The summed E-state index contributed by atoms with van der Waals surface area (Å²) in [6.07, 6.45) is 2.06. The SMILES string of the molecule is N#CCCc1cc(Cl)c(CCC#N)cc1Cl. The fraction of sp³-hybridized carbons (Fsp3) is 0.333. The Labute approximate surface area is 105 Å². The van der Waals surface area contributed by atoms with E-state index in [9.17, 15) is 0 Å². The summed E-state index contributed by atoms with van der Waals surface area (Å²) < 4.78 is 0. The zero-order chi connectivity index (χ0) is 12.0. The Morgan fingerprint density at radius 3 is 1.56 bits per heavy atom. The summed E-state index contributed by atoms with van der Waals surface area (Å²) in [7, 11) is 0. The Hall–Kier alpha value is -1.22. The Morgan fingerprint density at radius 2 is 1.25 bits per heavy atom. The van der Waals surface area contributed by atoms with Crippen molar-refractivity contribution in [2.24, 2.45) is 0 Å². The quantitative estimate of drug-likeness (QED) is 0.816. The van der Waals surface area contributed by atoms with Gasteiger partial charge in [0.1, 0.15) is 0 Å².